The highest BCUT2D eigenvalue weighted by molar-refractivity contribution is 7.92. The van der Waals surface area contributed by atoms with Gasteiger partial charge in [-0.3, -0.25) is 4.79 Å². The lowest BCUT2D eigenvalue weighted by atomic mass is 10.3. The Morgan fingerprint density at radius 2 is 2.06 bits per heavy atom. The Labute approximate surface area is 94.1 Å². The number of carbonyl (C=O) groups excluding carboxylic acids is 1. The number of anilines is 1. The zero-order valence-electron chi connectivity index (χ0n) is 9.01. The van der Waals surface area contributed by atoms with Crippen LogP contribution >= 0.6 is 0 Å². The Hall–Kier alpha value is -1.56. The maximum atomic E-state index is 11.9. The first-order valence-electron chi connectivity index (χ1n) is 4.57. The Morgan fingerprint density at radius 1 is 1.44 bits per heavy atom. The van der Waals surface area contributed by atoms with Gasteiger partial charge in [0.25, 0.3) is 0 Å². The molecule has 1 aromatic carbocycles. The molecule has 0 radical (unpaired) electrons. The van der Waals surface area contributed by atoms with Crippen LogP contribution in [0.5, 0.6) is 0 Å². The number of carbonyl (C=O) groups is 1. The molecule has 1 aromatic rings. The van der Waals surface area contributed by atoms with Crippen molar-refractivity contribution in [3.05, 3.63) is 24.3 Å². The number of nitrogens with two attached hydrogens (primary N) is 1. The zero-order valence-corrected chi connectivity index (χ0v) is 9.82. The van der Waals surface area contributed by atoms with Crippen molar-refractivity contribution >= 4 is 21.5 Å². The van der Waals surface area contributed by atoms with Gasteiger partial charge in [0.05, 0.1) is 12.0 Å². The summed E-state index contributed by atoms with van der Waals surface area (Å²) in [6, 6.07) is 5.80. The van der Waals surface area contributed by atoms with Crippen LogP contribution in [0.15, 0.2) is 29.2 Å². The average Bonchev–Trinajstić information content (AvgIpc) is 2.27. The zero-order chi connectivity index (χ0) is 12.3. The highest BCUT2D eigenvalue weighted by Crippen LogP contribution is 2.18. The van der Waals surface area contributed by atoms with E-state index in [4.69, 9.17) is 5.73 Å². The second-order valence-corrected chi connectivity index (χ2v) is 5.55. The van der Waals surface area contributed by atoms with Crippen molar-refractivity contribution in [1.29, 1.82) is 0 Å². The highest BCUT2D eigenvalue weighted by Gasteiger charge is 2.30. The van der Waals surface area contributed by atoms with Crippen LogP contribution in [0.3, 0.4) is 0 Å². The number of methoxy groups -OCH3 is 1. The van der Waals surface area contributed by atoms with E-state index in [-0.39, 0.29) is 4.90 Å². The Kier molecular flexibility index (Phi) is 3.54. The molecule has 5 nitrogen and oxygen atoms in total. The third-order valence-corrected chi connectivity index (χ3v) is 4.22. The van der Waals surface area contributed by atoms with Gasteiger partial charge in [0.15, 0.2) is 15.1 Å². The quantitative estimate of drug-likeness (QED) is 0.620. The van der Waals surface area contributed by atoms with Crippen LogP contribution in [0.25, 0.3) is 0 Å². The average molecular weight is 243 g/mol. The molecule has 0 heterocycles. The molecule has 2 N–H and O–H groups in total. The van der Waals surface area contributed by atoms with Crippen LogP contribution in [-0.4, -0.2) is 26.7 Å². The Morgan fingerprint density at radius 3 is 2.56 bits per heavy atom. The van der Waals surface area contributed by atoms with E-state index >= 15 is 0 Å². The van der Waals surface area contributed by atoms with E-state index in [0.29, 0.717) is 5.69 Å². The van der Waals surface area contributed by atoms with Crippen molar-refractivity contribution in [3.8, 4) is 0 Å². The fourth-order valence-electron chi connectivity index (χ4n) is 1.19. The van der Waals surface area contributed by atoms with Gasteiger partial charge in [0.1, 0.15) is 0 Å². The first-order chi connectivity index (χ1) is 7.39. The molecule has 0 amide bonds. The van der Waals surface area contributed by atoms with Crippen molar-refractivity contribution in [2.75, 3.05) is 12.8 Å². The molecule has 0 bridgehead atoms. The van der Waals surface area contributed by atoms with Gasteiger partial charge in [-0.2, -0.15) is 0 Å². The summed E-state index contributed by atoms with van der Waals surface area (Å²) in [6.45, 7) is 1.28. The second-order valence-electron chi connectivity index (χ2n) is 3.28. The minimum absolute atomic E-state index is 0.0189. The summed E-state index contributed by atoms with van der Waals surface area (Å²) in [5.74, 6) is -0.789. The standard InChI is InChI=1S/C10H13NO4S/c1-7(10(12)15-2)16(13,14)9-5-3-4-8(11)6-9/h3-7H,11H2,1-2H3/t7-/m1/s1. The van der Waals surface area contributed by atoms with Gasteiger partial charge in [-0.25, -0.2) is 8.42 Å². The molecule has 0 spiro atoms. The summed E-state index contributed by atoms with van der Waals surface area (Å²) in [6.07, 6.45) is 0. The van der Waals surface area contributed by atoms with Gasteiger partial charge in [-0.05, 0) is 25.1 Å². The van der Waals surface area contributed by atoms with Crippen LogP contribution in [0, 0.1) is 0 Å². The van der Waals surface area contributed by atoms with Crippen molar-refractivity contribution in [2.45, 2.75) is 17.1 Å². The largest absolute Gasteiger partial charge is 0.468 e. The van der Waals surface area contributed by atoms with Gasteiger partial charge in [0, 0.05) is 5.69 Å². The third-order valence-electron chi connectivity index (χ3n) is 2.19. The number of nitrogen functional groups attached to an aromatic ring is 1. The van der Waals surface area contributed by atoms with Crippen molar-refractivity contribution in [3.63, 3.8) is 0 Å². The van der Waals surface area contributed by atoms with Gasteiger partial charge in [0.2, 0.25) is 0 Å². The molecule has 6 heteroatoms. The molecule has 0 saturated carbocycles. The topological polar surface area (TPSA) is 86.5 Å². The molecular weight excluding hydrogens is 230 g/mol. The molecule has 0 aromatic heterocycles. The molecule has 0 saturated heterocycles. The number of hydrogen-bond donors (Lipinski definition) is 1. The highest BCUT2D eigenvalue weighted by atomic mass is 32.2. The summed E-state index contributed by atoms with van der Waals surface area (Å²) >= 11 is 0. The fraction of sp³-hybridized carbons (Fsp3) is 0.300. The van der Waals surface area contributed by atoms with Crippen molar-refractivity contribution in [2.24, 2.45) is 0 Å². The van der Waals surface area contributed by atoms with Crippen LogP contribution in [0.1, 0.15) is 6.92 Å². The van der Waals surface area contributed by atoms with E-state index in [9.17, 15) is 13.2 Å². The summed E-state index contributed by atoms with van der Waals surface area (Å²) in [4.78, 5) is 11.2. The maximum Gasteiger partial charge on any atom is 0.324 e. The summed E-state index contributed by atoms with van der Waals surface area (Å²) in [7, 11) is -2.58. The van der Waals surface area contributed by atoms with Crippen LogP contribution < -0.4 is 5.73 Å². The predicted octanol–water partition coefficient (Wildman–Crippen LogP) is 0.604. The number of esters is 1. The number of rotatable bonds is 3. The van der Waals surface area contributed by atoms with Crippen molar-refractivity contribution < 1.29 is 17.9 Å². The molecule has 0 aliphatic heterocycles. The van der Waals surface area contributed by atoms with E-state index in [1.165, 1.54) is 25.1 Å². The fourth-order valence-corrected chi connectivity index (χ4v) is 2.51. The van der Waals surface area contributed by atoms with Gasteiger partial charge in [-0.1, -0.05) is 6.07 Å². The minimum atomic E-state index is -3.73. The van der Waals surface area contributed by atoms with Crippen LogP contribution in [0.2, 0.25) is 0 Å². The normalized spacial score (nSPS) is 13.1. The molecule has 0 aliphatic rings. The second kappa shape index (κ2) is 4.52. The monoisotopic (exact) mass is 243 g/mol. The smallest absolute Gasteiger partial charge is 0.324 e. The molecule has 0 unspecified atom stereocenters. The van der Waals surface area contributed by atoms with Crippen LogP contribution in [-0.2, 0) is 19.4 Å². The summed E-state index contributed by atoms with van der Waals surface area (Å²) in [5.41, 5.74) is 5.82. The molecule has 1 atom stereocenters. The minimum Gasteiger partial charge on any atom is -0.468 e. The van der Waals surface area contributed by atoms with Gasteiger partial charge >= 0.3 is 5.97 Å². The predicted molar refractivity (Wildman–Crippen MR) is 59.5 cm³/mol. The van der Waals surface area contributed by atoms with Crippen molar-refractivity contribution in [1.82, 2.24) is 0 Å². The van der Waals surface area contributed by atoms with Gasteiger partial charge < -0.3 is 10.5 Å². The Bertz CT molecular complexity index is 495. The van der Waals surface area contributed by atoms with E-state index < -0.39 is 21.1 Å². The van der Waals surface area contributed by atoms with E-state index in [0.717, 1.165) is 7.11 Å². The first-order valence-corrected chi connectivity index (χ1v) is 6.11. The summed E-state index contributed by atoms with van der Waals surface area (Å²) in [5, 5.41) is -1.24. The molecule has 0 fully saturated rings. The summed E-state index contributed by atoms with van der Waals surface area (Å²) < 4.78 is 28.3. The number of ether oxygens (including phenoxy) is 1. The lowest BCUT2D eigenvalue weighted by Crippen LogP contribution is -2.28. The van der Waals surface area contributed by atoms with E-state index in [2.05, 4.69) is 4.74 Å². The molecular formula is C10H13NO4S. The third kappa shape index (κ3) is 2.33. The molecule has 16 heavy (non-hydrogen) atoms. The SMILES string of the molecule is COC(=O)[C@@H](C)S(=O)(=O)c1cccc(N)c1. The lowest BCUT2D eigenvalue weighted by Gasteiger charge is -2.10. The number of benzene rings is 1. The molecule has 0 aliphatic carbocycles. The Balaban J connectivity index is 3.17. The number of sulfone groups is 1. The van der Waals surface area contributed by atoms with Crippen LogP contribution in [0.4, 0.5) is 5.69 Å². The molecule has 1 rings (SSSR count). The number of hydrogen-bond acceptors (Lipinski definition) is 5. The lowest BCUT2D eigenvalue weighted by molar-refractivity contribution is -0.139. The maximum absolute atomic E-state index is 11.9. The van der Waals surface area contributed by atoms with Gasteiger partial charge in [-0.15, -0.1) is 0 Å². The first kappa shape index (κ1) is 12.5. The van der Waals surface area contributed by atoms with E-state index in [1.54, 1.807) is 6.07 Å². The molecule has 88 valence electrons. The van der Waals surface area contributed by atoms with E-state index in [1.807, 2.05) is 0 Å².